The minimum atomic E-state index is -0.179. The first-order valence-electron chi connectivity index (χ1n) is 6.45. The molecule has 1 aliphatic rings. The number of thioether (sulfide) groups is 1. The summed E-state index contributed by atoms with van der Waals surface area (Å²) >= 11 is 5.50. The van der Waals surface area contributed by atoms with Gasteiger partial charge in [-0.05, 0) is 54.5 Å². The quantitative estimate of drug-likeness (QED) is 0.879. The van der Waals surface area contributed by atoms with Crippen LogP contribution in [0, 0.1) is 11.7 Å². The SMILES string of the molecule is CCNC(Cc1ccc(F)cc1Br)C1CCSC1. The van der Waals surface area contributed by atoms with Gasteiger partial charge in [-0.15, -0.1) is 0 Å². The zero-order valence-corrected chi connectivity index (χ0v) is 13.0. The lowest BCUT2D eigenvalue weighted by Crippen LogP contribution is -2.38. The van der Waals surface area contributed by atoms with Crippen LogP contribution >= 0.6 is 27.7 Å². The molecule has 2 rings (SSSR count). The standard InChI is InChI=1S/C14H19BrFNS/c1-2-17-14(11-5-6-18-9-11)7-10-3-4-12(16)8-13(10)15/h3-4,8,11,14,17H,2,5-7,9H2,1H3. The fourth-order valence-corrected chi connectivity index (χ4v) is 4.31. The molecule has 0 saturated carbocycles. The highest BCUT2D eigenvalue weighted by atomic mass is 79.9. The molecule has 2 unspecified atom stereocenters. The van der Waals surface area contributed by atoms with Crippen molar-refractivity contribution in [3.05, 3.63) is 34.1 Å². The fraction of sp³-hybridized carbons (Fsp3) is 0.571. The lowest BCUT2D eigenvalue weighted by atomic mass is 9.93. The topological polar surface area (TPSA) is 12.0 Å². The zero-order chi connectivity index (χ0) is 13.0. The molecule has 0 aromatic heterocycles. The second-order valence-electron chi connectivity index (χ2n) is 4.73. The van der Waals surface area contributed by atoms with E-state index in [9.17, 15) is 4.39 Å². The van der Waals surface area contributed by atoms with Gasteiger partial charge in [0, 0.05) is 10.5 Å². The first-order chi connectivity index (χ1) is 8.70. The van der Waals surface area contributed by atoms with E-state index < -0.39 is 0 Å². The lowest BCUT2D eigenvalue weighted by Gasteiger charge is -2.24. The molecule has 1 heterocycles. The van der Waals surface area contributed by atoms with Gasteiger partial charge in [-0.1, -0.05) is 28.9 Å². The van der Waals surface area contributed by atoms with Crippen molar-refractivity contribution in [2.75, 3.05) is 18.1 Å². The maximum atomic E-state index is 13.1. The summed E-state index contributed by atoms with van der Waals surface area (Å²) in [4.78, 5) is 0. The van der Waals surface area contributed by atoms with Crippen LogP contribution in [0.15, 0.2) is 22.7 Å². The Morgan fingerprint density at radius 1 is 1.56 bits per heavy atom. The molecule has 18 heavy (non-hydrogen) atoms. The van der Waals surface area contributed by atoms with E-state index in [0.717, 1.165) is 23.4 Å². The summed E-state index contributed by atoms with van der Waals surface area (Å²) in [5.41, 5.74) is 1.19. The van der Waals surface area contributed by atoms with Crippen LogP contribution in [0.4, 0.5) is 4.39 Å². The van der Waals surface area contributed by atoms with Crippen molar-refractivity contribution in [1.29, 1.82) is 0 Å². The molecule has 0 spiro atoms. The van der Waals surface area contributed by atoms with Gasteiger partial charge in [-0.25, -0.2) is 4.39 Å². The minimum absolute atomic E-state index is 0.179. The van der Waals surface area contributed by atoms with Gasteiger partial charge in [0.15, 0.2) is 0 Å². The predicted octanol–water partition coefficient (Wildman–Crippen LogP) is 3.86. The van der Waals surface area contributed by atoms with Crippen LogP contribution in [0.25, 0.3) is 0 Å². The van der Waals surface area contributed by atoms with E-state index in [-0.39, 0.29) is 5.82 Å². The highest BCUT2D eigenvalue weighted by Gasteiger charge is 2.25. The summed E-state index contributed by atoms with van der Waals surface area (Å²) in [5, 5.41) is 3.59. The summed E-state index contributed by atoms with van der Waals surface area (Å²) in [6.07, 6.45) is 2.26. The van der Waals surface area contributed by atoms with Gasteiger partial charge < -0.3 is 5.32 Å². The van der Waals surface area contributed by atoms with Gasteiger partial charge in [0.05, 0.1) is 0 Å². The predicted molar refractivity (Wildman–Crippen MR) is 80.7 cm³/mol. The molecule has 2 atom stereocenters. The molecule has 1 saturated heterocycles. The van der Waals surface area contributed by atoms with Crippen LogP contribution in [0.2, 0.25) is 0 Å². The summed E-state index contributed by atoms with van der Waals surface area (Å²) in [7, 11) is 0. The molecule has 100 valence electrons. The average Bonchev–Trinajstić information content (AvgIpc) is 2.85. The molecule has 0 radical (unpaired) electrons. The molecule has 1 nitrogen and oxygen atoms in total. The van der Waals surface area contributed by atoms with Crippen LogP contribution < -0.4 is 5.32 Å². The Hall–Kier alpha value is -0.0600. The maximum absolute atomic E-state index is 13.1. The second kappa shape index (κ2) is 6.92. The molecule has 1 aliphatic heterocycles. The van der Waals surface area contributed by atoms with Crippen LogP contribution in [-0.2, 0) is 6.42 Å². The first kappa shape index (κ1) is 14.4. The summed E-state index contributed by atoms with van der Waals surface area (Å²) < 4.78 is 14.0. The van der Waals surface area contributed by atoms with Gasteiger partial charge in [0.25, 0.3) is 0 Å². The van der Waals surface area contributed by atoms with Crippen molar-refractivity contribution in [3.8, 4) is 0 Å². The Bertz CT molecular complexity index is 393. The molecule has 1 fully saturated rings. The number of likely N-dealkylation sites (N-methyl/N-ethyl adjacent to an activating group) is 1. The highest BCUT2D eigenvalue weighted by Crippen LogP contribution is 2.29. The van der Waals surface area contributed by atoms with Crippen LogP contribution in [0.1, 0.15) is 18.9 Å². The van der Waals surface area contributed by atoms with E-state index in [1.165, 1.54) is 23.5 Å². The van der Waals surface area contributed by atoms with Gasteiger partial charge in [0.1, 0.15) is 5.82 Å². The molecule has 1 aromatic carbocycles. The third-order valence-electron chi connectivity index (χ3n) is 3.46. The lowest BCUT2D eigenvalue weighted by molar-refractivity contribution is 0.386. The van der Waals surface area contributed by atoms with E-state index in [2.05, 4.69) is 28.2 Å². The van der Waals surface area contributed by atoms with Crippen molar-refractivity contribution in [2.24, 2.45) is 5.92 Å². The van der Waals surface area contributed by atoms with Crippen LogP contribution in [0.3, 0.4) is 0 Å². The number of benzene rings is 1. The number of rotatable bonds is 5. The Morgan fingerprint density at radius 2 is 2.39 bits per heavy atom. The van der Waals surface area contributed by atoms with Gasteiger partial charge in [-0.2, -0.15) is 11.8 Å². The van der Waals surface area contributed by atoms with Gasteiger partial charge in [-0.3, -0.25) is 0 Å². The van der Waals surface area contributed by atoms with E-state index in [4.69, 9.17) is 0 Å². The van der Waals surface area contributed by atoms with Gasteiger partial charge in [0.2, 0.25) is 0 Å². The zero-order valence-electron chi connectivity index (χ0n) is 10.6. The van der Waals surface area contributed by atoms with Crippen LogP contribution in [0.5, 0.6) is 0 Å². The van der Waals surface area contributed by atoms with Gasteiger partial charge >= 0.3 is 0 Å². The van der Waals surface area contributed by atoms with Crippen molar-refractivity contribution in [2.45, 2.75) is 25.8 Å². The Balaban J connectivity index is 2.07. The minimum Gasteiger partial charge on any atom is -0.314 e. The number of hydrogen-bond acceptors (Lipinski definition) is 2. The van der Waals surface area contributed by atoms with Crippen molar-refractivity contribution < 1.29 is 4.39 Å². The molecule has 1 aromatic rings. The third-order valence-corrected chi connectivity index (χ3v) is 5.38. The van der Waals surface area contributed by atoms with Crippen molar-refractivity contribution in [1.82, 2.24) is 5.32 Å². The van der Waals surface area contributed by atoms with E-state index >= 15 is 0 Å². The smallest absolute Gasteiger partial charge is 0.124 e. The number of hydrogen-bond donors (Lipinski definition) is 1. The molecule has 4 heteroatoms. The van der Waals surface area contributed by atoms with E-state index in [1.54, 1.807) is 12.1 Å². The Morgan fingerprint density at radius 3 is 3.00 bits per heavy atom. The number of halogens is 2. The third kappa shape index (κ3) is 3.72. The van der Waals surface area contributed by atoms with Crippen molar-refractivity contribution in [3.63, 3.8) is 0 Å². The van der Waals surface area contributed by atoms with Crippen molar-refractivity contribution >= 4 is 27.7 Å². The molecule has 1 N–H and O–H groups in total. The summed E-state index contributed by atoms with van der Waals surface area (Å²) in [6.45, 7) is 3.14. The summed E-state index contributed by atoms with van der Waals surface area (Å²) in [5.74, 6) is 3.09. The normalized spacial score (nSPS) is 21.2. The number of nitrogens with one attached hydrogen (secondary N) is 1. The monoisotopic (exact) mass is 331 g/mol. The van der Waals surface area contributed by atoms with Crippen LogP contribution in [-0.4, -0.2) is 24.1 Å². The maximum Gasteiger partial charge on any atom is 0.124 e. The summed E-state index contributed by atoms with van der Waals surface area (Å²) in [6, 6.07) is 5.51. The molecule has 0 amide bonds. The Kier molecular flexibility index (Phi) is 5.52. The van der Waals surface area contributed by atoms with E-state index in [1.807, 2.05) is 17.8 Å². The first-order valence-corrected chi connectivity index (χ1v) is 8.40. The van der Waals surface area contributed by atoms with E-state index in [0.29, 0.717) is 6.04 Å². The Labute approximate surface area is 121 Å². The molecular formula is C14H19BrFNS. The largest absolute Gasteiger partial charge is 0.314 e. The molecule has 0 bridgehead atoms. The molecular weight excluding hydrogens is 313 g/mol. The second-order valence-corrected chi connectivity index (χ2v) is 6.73. The average molecular weight is 332 g/mol. The fourth-order valence-electron chi connectivity index (χ4n) is 2.46. The highest BCUT2D eigenvalue weighted by molar-refractivity contribution is 9.10. The molecule has 0 aliphatic carbocycles.